The van der Waals surface area contributed by atoms with Crippen molar-refractivity contribution in [3.05, 3.63) is 47.5 Å². The van der Waals surface area contributed by atoms with Gasteiger partial charge in [0.2, 0.25) is 6.79 Å². The molecule has 0 spiro atoms. The highest BCUT2D eigenvalue weighted by molar-refractivity contribution is 5.45. The first-order valence-corrected chi connectivity index (χ1v) is 8.26. The third kappa shape index (κ3) is 3.07. The number of rotatable bonds is 3. The van der Waals surface area contributed by atoms with Crippen molar-refractivity contribution in [1.82, 2.24) is 14.9 Å². The molecule has 6 nitrogen and oxygen atoms in total. The number of aliphatic hydroxyl groups excluding tert-OH is 1. The molecule has 2 aromatic rings. The molecule has 1 saturated heterocycles. The van der Waals surface area contributed by atoms with E-state index in [0.717, 1.165) is 48.0 Å². The number of ether oxygens (including phenoxy) is 2. The summed E-state index contributed by atoms with van der Waals surface area (Å²) in [6.45, 7) is 4.50. The smallest absolute Gasteiger partial charge is 0.231 e. The van der Waals surface area contributed by atoms with Crippen LogP contribution in [-0.4, -0.2) is 46.0 Å². The lowest BCUT2D eigenvalue weighted by Gasteiger charge is -2.36. The van der Waals surface area contributed by atoms with Gasteiger partial charge in [-0.15, -0.1) is 0 Å². The Kier molecular flexibility index (Phi) is 4.08. The highest BCUT2D eigenvalue weighted by Crippen LogP contribution is 2.37. The quantitative estimate of drug-likeness (QED) is 0.928. The van der Waals surface area contributed by atoms with Crippen LogP contribution in [0.3, 0.4) is 0 Å². The standard InChI is InChI=1S/C18H21N3O3/c1-12-19-7-13(8-20-12)9-21-5-4-15(16(22)10-21)14-2-3-17-18(6-14)24-11-23-17/h2-3,6-8,15-16,22H,4-5,9-11H2,1H3/t15-,16+/m0/s1. The molecule has 1 fully saturated rings. The molecule has 126 valence electrons. The van der Waals surface area contributed by atoms with Crippen molar-refractivity contribution in [2.24, 2.45) is 0 Å². The van der Waals surface area contributed by atoms with Crippen LogP contribution in [0.1, 0.15) is 29.3 Å². The van der Waals surface area contributed by atoms with E-state index in [-0.39, 0.29) is 12.7 Å². The largest absolute Gasteiger partial charge is 0.454 e. The highest BCUT2D eigenvalue weighted by atomic mass is 16.7. The van der Waals surface area contributed by atoms with E-state index in [0.29, 0.717) is 6.54 Å². The summed E-state index contributed by atoms with van der Waals surface area (Å²) in [5, 5.41) is 10.6. The van der Waals surface area contributed by atoms with Crippen molar-refractivity contribution in [2.75, 3.05) is 19.9 Å². The van der Waals surface area contributed by atoms with Gasteiger partial charge in [-0.25, -0.2) is 9.97 Å². The molecule has 0 aliphatic carbocycles. The summed E-state index contributed by atoms with van der Waals surface area (Å²) in [5.74, 6) is 2.47. The highest BCUT2D eigenvalue weighted by Gasteiger charge is 2.30. The predicted octanol–water partition coefficient (Wildman–Crippen LogP) is 1.86. The topological polar surface area (TPSA) is 67.7 Å². The minimum absolute atomic E-state index is 0.130. The Labute approximate surface area is 141 Å². The van der Waals surface area contributed by atoms with Crippen LogP contribution in [0.4, 0.5) is 0 Å². The molecule has 0 radical (unpaired) electrons. The van der Waals surface area contributed by atoms with Gasteiger partial charge in [0, 0.05) is 37.0 Å². The summed E-state index contributed by atoms with van der Waals surface area (Å²) in [6.07, 6.45) is 4.23. The van der Waals surface area contributed by atoms with Gasteiger partial charge in [-0.05, 0) is 37.6 Å². The number of fused-ring (bicyclic) bond motifs is 1. The fraction of sp³-hybridized carbons (Fsp3) is 0.444. The van der Waals surface area contributed by atoms with Gasteiger partial charge in [-0.3, -0.25) is 4.90 Å². The summed E-state index contributed by atoms with van der Waals surface area (Å²) < 4.78 is 10.8. The van der Waals surface area contributed by atoms with E-state index in [4.69, 9.17) is 9.47 Å². The van der Waals surface area contributed by atoms with Crippen LogP contribution in [0.2, 0.25) is 0 Å². The molecule has 2 atom stereocenters. The maximum atomic E-state index is 10.6. The second-order valence-corrected chi connectivity index (χ2v) is 6.45. The molecule has 1 aromatic heterocycles. The minimum Gasteiger partial charge on any atom is -0.454 e. The first-order chi connectivity index (χ1) is 11.7. The van der Waals surface area contributed by atoms with Crippen molar-refractivity contribution < 1.29 is 14.6 Å². The molecular weight excluding hydrogens is 306 g/mol. The first-order valence-electron chi connectivity index (χ1n) is 8.26. The van der Waals surface area contributed by atoms with Gasteiger partial charge >= 0.3 is 0 Å². The number of benzene rings is 1. The van der Waals surface area contributed by atoms with Crippen molar-refractivity contribution >= 4 is 0 Å². The Balaban J connectivity index is 1.42. The third-order valence-electron chi connectivity index (χ3n) is 4.73. The molecule has 0 amide bonds. The number of aliphatic hydroxyl groups is 1. The van der Waals surface area contributed by atoms with E-state index in [9.17, 15) is 5.11 Å². The summed E-state index contributed by atoms with van der Waals surface area (Å²) in [5.41, 5.74) is 2.19. The lowest BCUT2D eigenvalue weighted by molar-refractivity contribution is 0.0475. The van der Waals surface area contributed by atoms with Crippen LogP contribution in [-0.2, 0) is 6.54 Å². The molecule has 2 aliphatic rings. The number of hydrogen-bond donors (Lipinski definition) is 1. The van der Waals surface area contributed by atoms with Gasteiger partial charge in [0.25, 0.3) is 0 Å². The van der Waals surface area contributed by atoms with Gasteiger partial charge in [-0.2, -0.15) is 0 Å². The molecule has 6 heteroatoms. The van der Waals surface area contributed by atoms with E-state index < -0.39 is 6.10 Å². The zero-order chi connectivity index (χ0) is 16.5. The van der Waals surface area contributed by atoms with Crippen LogP contribution in [0.25, 0.3) is 0 Å². The number of aryl methyl sites for hydroxylation is 1. The SMILES string of the molecule is Cc1ncc(CN2CC[C@@H](c3ccc4c(c3)OCO4)[C@H](O)C2)cn1. The van der Waals surface area contributed by atoms with Crippen molar-refractivity contribution in [3.8, 4) is 11.5 Å². The number of β-amino-alcohol motifs (C(OH)–C–C–N with tert-alkyl or cyclic N) is 1. The van der Waals surface area contributed by atoms with Crippen LogP contribution >= 0.6 is 0 Å². The molecule has 24 heavy (non-hydrogen) atoms. The molecule has 1 aromatic carbocycles. The average molecular weight is 327 g/mol. The monoisotopic (exact) mass is 327 g/mol. The van der Waals surface area contributed by atoms with E-state index in [1.165, 1.54) is 0 Å². The Bertz CT molecular complexity index is 720. The summed E-state index contributed by atoms with van der Waals surface area (Å²) in [4.78, 5) is 10.7. The van der Waals surface area contributed by atoms with Gasteiger partial charge < -0.3 is 14.6 Å². The molecule has 2 aliphatic heterocycles. The zero-order valence-electron chi connectivity index (χ0n) is 13.7. The molecule has 0 unspecified atom stereocenters. The van der Waals surface area contributed by atoms with Crippen molar-refractivity contribution in [3.63, 3.8) is 0 Å². The van der Waals surface area contributed by atoms with E-state index in [1.54, 1.807) is 0 Å². The molecule has 1 N–H and O–H groups in total. The molecule has 4 rings (SSSR count). The van der Waals surface area contributed by atoms with Gasteiger partial charge in [0.15, 0.2) is 11.5 Å². The molecule has 3 heterocycles. The number of likely N-dealkylation sites (tertiary alicyclic amines) is 1. The Morgan fingerprint density at radius 1 is 1.21 bits per heavy atom. The second kappa shape index (κ2) is 6.37. The maximum Gasteiger partial charge on any atom is 0.231 e. The Hall–Kier alpha value is -2.18. The fourth-order valence-corrected chi connectivity index (χ4v) is 3.43. The summed E-state index contributed by atoms with van der Waals surface area (Å²) >= 11 is 0. The Morgan fingerprint density at radius 2 is 2.00 bits per heavy atom. The van der Waals surface area contributed by atoms with Gasteiger partial charge in [-0.1, -0.05) is 6.07 Å². The average Bonchev–Trinajstić information content (AvgIpc) is 3.05. The van der Waals surface area contributed by atoms with Crippen LogP contribution in [0.5, 0.6) is 11.5 Å². The summed E-state index contributed by atoms with van der Waals surface area (Å²) in [6, 6.07) is 5.96. The lowest BCUT2D eigenvalue weighted by atomic mass is 9.87. The van der Waals surface area contributed by atoms with Gasteiger partial charge in [0.1, 0.15) is 5.82 Å². The zero-order valence-corrected chi connectivity index (χ0v) is 13.7. The fourth-order valence-electron chi connectivity index (χ4n) is 3.43. The summed E-state index contributed by atoms with van der Waals surface area (Å²) in [7, 11) is 0. The van der Waals surface area contributed by atoms with Crippen LogP contribution < -0.4 is 9.47 Å². The predicted molar refractivity (Wildman–Crippen MR) is 88.0 cm³/mol. The second-order valence-electron chi connectivity index (χ2n) is 6.45. The normalized spacial score (nSPS) is 23.4. The molecular formula is C18H21N3O3. The minimum atomic E-state index is -0.398. The van der Waals surface area contributed by atoms with Gasteiger partial charge in [0.05, 0.1) is 6.10 Å². The molecule has 0 saturated carbocycles. The van der Waals surface area contributed by atoms with Crippen molar-refractivity contribution in [2.45, 2.75) is 31.9 Å². The number of aromatic nitrogens is 2. The molecule has 0 bridgehead atoms. The van der Waals surface area contributed by atoms with E-state index in [2.05, 4.69) is 14.9 Å². The maximum absolute atomic E-state index is 10.6. The lowest BCUT2D eigenvalue weighted by Crippen LogP contribution is -2.42. The number of hydrogen-bond acceptors (Lipinski definition) is 6. The number of piperidine rings is 1. The van der Waals surface area contributed by atoms with E-state index >= 15 is 0 Å². The van der Waals surface area contributed by atoms with Crippen molar-refractivity contribution in [1.29, 1.82) is 0 Å². The first kappa shape index (κ1) is 15.4. The van der Waals surface area contributed by atoms with Crippen LogP contribution in [0, 0.1) is 6.92 Å². The third-order valence-corrected chi connectivity index (χ3v) is 4.73. The van der Waals surface area contributed by atoms with Crippen LogP contribution in [0.15, 0.2) is 30.6 Å². The van der Waals surface area contributed by atoms with E-state index in [1.807, 2.05) is 37.5 Å². The number of nitrogens with zero attached hydrogens (tertiary/aromatic N) is 3. The Morgan fingerprint density at radius 3 is 2.79 bits per heavy atom.